The van der Waals surface area contributed by atoms with E-state index in [1.165, 1.54) is 12.0 Å². The van der Waals surface area contributed by atoms with Gasteiger partial charge in [-0.2, -0.15) is 0 Å². The van der Waals surface area contributed by atoms with E-state index in [1.807, 2.05) is 12.1 Å². The summed E-state index contributed by atoms with van der Waals surface area (Å²) in [6.45, 7) is 2.16. The van der Waals surface area contributed by atoms with Crippen molar-refractivity contribution < 1.29 is 9.53 Å². The van der Waals surface area contributed by atoms with Crippen LogP contribution in [0.1, 0.15) is 54.9 Å². The largest absolute Gasteiger partial charge is 0.378 e. The second kappa shape index (κ2) is 5.66. The lowest BCUT2D eigenvalue weighted by Gasteiger charge is -2.40. The Balaban J connectivity index is 2.00. The van der Waals surface area contributed by atoms with Gasteiger partial charge in [-0.15, -0.1) is 0 Å². The molecule has 0 unspecified atom stereocenters. The molecule has 0 aliphatic heterocycles. The Hall–Kier alpha value is -1.15. The van der Waals surface area contributed by atoms with E-state index >= 15 is 0 Å². The molecule has 0 saturated heterocycles. The Kier molecular flexibility index (Phi) is 4.18. The lowest BCUT2D eigenvalue weighted by molar-refractivity contribution is -0.0704. The van der Waals surface area contributed by atoms with Crippen LogP contribution in [0.3, 0.4) is 0 Å². The minimum Gasteiger partial charge on any atom is -0.378 e. The average Bonchev–Trinajstić information content (AvgIpc) is 2.35. The summed E-state index contributed by atoms with van der Waals surface area (Å²) in [6.07, 6.45) is 5.95. The fraction of sp³-hybridized carbons (Fsp3) is 0.562. The number of Topliss-reactive ketones (excluding diaryl/α,β-unsaturated/α-hetero) is 1. The second-order valence-corrected chi connectivity index (χ2v) is 5.29. The number of hydrogen-bond donors (Lipinski definition) is 0. The van der Waals surface area contributed by atoms with Crippen molar-refractivity contribution in [2.24, 2.45) is 0 Å². The number of rotatable bonds is 6. The van der Waals surface area contributed by atoms with Crippen LogP contribution >= 0.6 is 0 Å². The molecule has 0 heterocycles. The van der Waals surface area contributed by atoms with Gasteiger partial charge in [0.05, 0.1) is 5.60 Å². The first-order chi connectivity index (χ1) is 8.69. The average molecular weight is 246 g/mol. The first-order valence-electron chi connectivity index (χ1n) is 6.86. The number of carbonyl (C=O) groups excluding carboxylic acids is 1. The molecule has 0 amide bonds. The van der Waals surface area contributed by atoms with E-state index in [0.29, 0.717) is 6.42 Å². The van der Waals surface area contributed by atoms with Crippen LogP contribution in [0.4, 0.5) is 0 Å². The predicted octanol–water partition coefficient (Wildman–Crippen LogP) is 3.78. The van der Waals surface area contributed by atoms with Gasteiger partial charge in [0, 0.05) is 19.1 Å². The molecule has 0 spiro atoms. The van der Waals surface area contributed by atoms with Gasteiger partial charge in [0.15, 0.2) is 5.78 Å². The van der Waals surface area contributed by atoms with Crippen LogP contribution in [0.2, 0.25) is 0 Å². The zero-order valence-electron chi connectivity index (χ0n) is 11.4. The van der Waals surface area contributed by atoms with E-state index in [4.69, 9.17) is 4.74 Å². The smallest absolute Gasteiger partial charge is 0.165 e. The van der Waals surface area contributed by atoms with E-state index in [9.17, 15) is 4.79 Å². The van der Waals surface area contributed by atoms with Crippen molar-refractivity contribution in [1.29, 1.82) is 0 Å². The molecule has 0 radical (unpaired) electrons. The Morgan fingerprint density at radius 2 is 1.94 bits per heavy atom. The summed E-state index contributed by atoms with van der Waals surface area (Å²) in [4.78, 5) is 12.2. The zero-order valence-corrected chi connectivity index (χ0v) is 11.4. The molecule has 98 valence electrons. The van der Waals surface area contributed by atoms with Gasteiger partial charge in [-0.1, -0.05) is 37.6 Å². The normalized spacial score (nSPS) is 17.2. The number of methoxy groups -OCH3 is 1. The van der Waals surface area contributed by atoms with Crippen molar-refractivity contribution in [3.8, 4) is 0 Å². The topological polar surface area (TPSA) is 26.3 Å². The Labute approximate surface area is 109 Å². The molecule has 1 aliphatic carbocycles. The summed E-state index contributed by atoms with van der Waals surface area (Å²) in [5, 5.41) is 0. The third kappa shape index (κ3) is 2.81. The highest BCUT2D eigenvalue weighted by Crippen LogP contribution is 2.38. The van der Waals surface area contributed by atoms with Gasteiger partial charge in [0.1, 0.15) is 0 Å². The minimum atomic E-state index is -0.167. The molecule has 1 aliphatic rings. The van der Waals surface area contributed by atoms with Crippen LogP contribution in [0, 0.1) is 0 Å². The van der Waals surface area contributed by atoms with Gasteiger partial charge in [-0.25, -0.2) is 0 Å². The molecule has 1 saturated carbocycles. The Morgan fingerprint density at radius 1 is 1.28 bits per heavy atom. The van der Waals surface area contributed by atoms with Crippen molar-refractivity contribution in [1.82, 2.24) is 0 Å². The van der Waals surface area contributed by atoms with E-state index in [0.717, 1.165) is 31.2 Å². The van der Waals surface area contributed by atoms with Crippen LogP contribution in [0.5, 0.6) is 0 Å². The molecule has 0 atom stereocenters. The quantitative estimate of drug-likeness (QED) is 0.714. The van der Waals surface area contributed by atoms with Gasteiger partial charge in [-0.3, -0.25) is 4.79 Å². The van der Waals surface area contributed by atoms with Gasteiger partial charge < -0.3 is 4.74 Å². The van der Waals surface area contributed by atoms with E-state index < -0.39 is 0 Å². The molecule has 1 fully saturated rings. The van der Waals surface area contributed by atoms with Crippen molar-refractivity contribution in [2.45, 2.75) is 51.0 Å². The summed E-state index contributed by atoms with van der Waals surface area (Å²) >= 11 is 0. The van der Waals surface area contributed by atoms with E-state index in [2.05, 4.69) is 19.1 Å². The number of ketones is 1. The summed E-state index contributed by atoms with van der Waals surface area (Å²) in [6, 6.07) is 8.04. The van der Waals surface area contributed by atoms with Gasteiger partial charge in [0.2, 0.25) is 0 Å². The lowest BCUT2D eigenvalue weighted by atomic mass is 9.76. The summed E-state index contributed by atoms with van der Waals surface area (Å²) in [7, 11) is 1.72. The summed E-state index contributed by atoms with van der Waals surface area (Å²) in [5.41, 5.74) is 1.96. The second-order valence-electron chi connectivity index (χ2n) is 5.29. The summed E-state index contributed by atoms with van der Waals surface area (Å²) in [5.74, 6) is 0.208. The molecule has 18 heavy (non-hydrogen) atoms. The van der Waals surface area contributed by atoms with Crippen molar-refractivity contribution in [3.05, 3.63) is 35.4 Å². The molecule has 2 heteroatoms. The highest BCUT2D eigenvalue weighted by molar-refractivity contribution is 5.96. The number of aryl methyl sites for hydroxylation is 1. The molecule has 1 aromatic rings. The molecule has 2 rings (SSSR count). The maximum Gasteiger partial charge on any atom is 0.165 e. The predicted molar refractivity (Wildman–Crippen MR) is 73.0 cm³/mol. The number of benzene rings is 1. The number of carbonyl (C=O) groups is 1. The van der Waals surface area contributed by atoms with Crippen LogP contribution < -0.4 is 0 Å². The standard InChI is InChI=1S/C16H22O2/c1-3-5-13-6-8-14(9-7-13)15(17)12-16(18-2)10-4-11-16/h6-9H,3-5,10-12H2,1-2H3. The maximum absolute atomic E-state index is 12.2. The molecular formula is C16H22O2. The number of hydrogen-bond acceptors (Lipinski definition) is 2. The molecule has 0 aromatic heterocycles. The fourth-order valence-electron chi connectivity index (χ4n) is 2.56. The van der Waals surface area contributed by atoms with Crippen LogP contribution in [0.15, 0.2) is 24.3 Å². The third-order valence-electron chi connectivity index (χ3n) is 4.00. The lowest BCUT2D eigenvalue weighted by Crippen LogP contribution is -2.41. The van der Waals surface area contributed by atoms with Crippen LogP contribution in [0.25, 0.3) is 0 Å². The fourth-order valence-corrected chi connectivity index (χ4v) is 2.56. The minimum absolute atomic E-state index is 0.167. The Bertz CT molecular complexity index is 396. The van der Waals surface area contributed by atoms with Gasteiger partial charge in [-0.05, 0) is 31.2 Å². The molecule has 0 bridgehead atoms. The van der Waals surface area contributed by atoms with Crippen molar-refractivity contribution in [2.75, 3.05) is 7.11 Å². The maximum atomic E-state index is 12.2. The zero-order chi connectivity index (χ0) is 13.0. The number of ether oxygens (including phenoxy) is 1. The van der Waals surface area contributed by atoms with Gasteiger partial charge >= 0.3 is 0 Å². The van der Waals surface area contributed by atoms with E-state index in [1.54, 1.807) is 7.11 Å². The molecule has 1 aromatic carbocycles. The molecule has 0 N–H and O–H groups in total. The highest BCUT2D eigenvalue weighted by atomic mass is 16.5. The van der Waals surface area contributed by atoms with Crippen LogP contribution in [-0.2, 0) is 11.2 Å². The van der Waals surface area contributed by atoms with Gasteiger partial charge in [0.25, 0.3) is 0 Å². The first-order valence-corrected chi connectivity index (χ1v) is 6.86. The first kappa shape index (κ1) is 13.3. The molecular weight excluding hydrogens is 224 g/mol. The monoisotopic (exact) mass is 246 g/mol. The Morgan fingerprint density at radius 3 is 2.39 bits per heavy atom. The summed E-state index contributed by atoms with van der Waals surface area (Å²) < 4.78 is 5.51. The molecule has 2 nitrogen and oxygen atoms in total. The third-order valence-corrected chi connectivity index (χ3v) is 4.00. The SMILES string of the molecule is CCCc1ccc(C(=O)CC2(OC)CCC2)cc1. The highest BCUT2D eigenvalue weighted by Gasteiger charge is 2.38. The van der Waals surface area contributed by atoms with Crippen LogP contribution in [-0.4, -0.2) is 18.5 Å². The van der Waals surface area contributed by atoms with E-state index in [-0.39, 0.29) is 11.4 Å². The van der Waals surface area contributed by atoms with Crippen molar-refractivity contribution in [3.63, 3.8) is 0 Å². The van der Waals surface area contributed by atoms with Crippen molar-refractivity contribution >= 4 is 5.78 Å².